The van der Waals surface area contributed by atoms with Gasteiger partial charge in [0.05, 0.1) is 12.8 Å². The van der Waals surface area contributed by atoms with E-state index in [0.717, 1.165) is 40.1 Å². The Morgan fingerprint density at radius 1 is 1.05 bits per heavy atom. The van der Waals surface area contributed by atoms with E-state index in [0.29, 0.717) is 6.04 Å². The fourth-order valence-electron chi connectivity index (χ4n) is 5.13. The Morgan fingerprint density at radius 2 is 1.70 bits per heavy atom. The van der Waals surface area contributed by atoms with Gasteiger partial charge in [-0.3, -0.25) is 0 Å². The van der Waals surface area contributed by atoms with Crippen LogP contribution in [0.3, 0.4) is 0 Å². The van der Waals surface area contributed by atoms with Crippen molar-refractivity contribution < 1.29 is 4.74 Å². The second kappa shape index (κ2) is 4.84. The molecule has 0 saturated heterocycles. The van der Waals surface area contributed by atoms with Gasteiger partial charge in [-0.2, -0.15) is 0 Å². The first-order chi connectivity index (χ1) is 9.72. The minimum absolute atomic E-state index is 0.621. The molecule has 0 amide bonds. The highest BCUT2D eigenvalue weighted by Crippen LogP contribution is 2.54. The molecule has 4 aliphatic rings. The summed E-state index contributed by atoms with van der Waals surface area (Å²) >= 11 is 6.15. The summed E-state index contributed by atoms with van der Waals surface area (Å²) < 4.78 is 5.47. The highest BCUT2D eigenvalue weighted by atomic mass is 35.5. The number of halogens is 1. The molecule has 5 rings (SSSR count). The number of rotatable bonds is 3. The van der Waals surface area contributed by atoms with E-state index in [1.807, 2.05) is 18.2 Å². The second-order valence-electron chi connectivity index (χ2n) is 6.95. The lowest BCUT2D eigenvalue weighted by atomic mass is 9.54. The minimum Gasteiger partial charge on any atom is -0.495 e. The third-order valence-corrected chi connectivity index (χ3v) is 5.95. The van der Waals surface area contributed by atoms with Crippen molar-refractivity contribution in [1.82, 2.24) is 0 Å². The van der Waals surface area contributed by atoms with Crippen molar-refractivity contribution in [2.24, 2.45) is 23.7 Å². The molecular weight excluding hydrogens is 270 g/mol. The Kier molecular flexibility index (Phi) is 3.10. The smallest absolute Gasteiger partial charge is 0.142 e. The van der Waals surface area contributed by atoms with Crippen LogP contribution in [-0.2, 0) is 0 Å². The standard InChI is InChI=1S/C17H22ClNO/c1-20-16-3-2-14(18)9-15(16)19-17-12-5-10-4-11(7-12)8-13(17)6-10/h2-3,9-13,17,19H,4-8H2,1H3. The third-order valence-electron chi connectivity index (χ3n) is 5.71. The summed E-state index contributed by atoms with van der Waals surface area (Å²) in [7, 11) is 1.73. The molecular formula is C17H22ClNO. The Bertz CT molecular complexity index is 488. The molecule has 0 heterocycles. The van der Waals surface area contributed by atoms with Crippen molar-refractivity contribution in [3.8, 4) is 5.75 Å². The van der Waals surface area contributed by atoms with Gasteiger partial charge in [0.1, 0.15) is 5.75 Å². The van der Waals surface area contributed by atoms with Gasteiger partial charge in [-0.1, -0.05) is 11.6 Å². The lowest BCUT2D eigenvalue weighted by molar-refractivity contribution is 0.00748. The highest BCUT2D eigenvalue weighted by Gasteiger charge is 2.48. The summed E-state index contributed by atoms with van der Waals surface area (Å²) in [5.74, 6) is 4.64. The topological polar surface area (TPSA) is 21.3 Å². The van der Waals surface area contributed by atoms with Crippen LogP contribution >= 0.6 is 11.6 Å². The summed E-state index contributed by atoms with van der Waals surface area (Å²) in [5, 5.41) is 4.55. The fraction of sp³-hybridized carbons (Fsp3) is 0.647. The van der Waals surface area contributed by atoms with Crippen LogP contribution in [0.2, 0.25) is 5.02 Å². The quantitative estimate of drug-likeness (QED) is 0.880. The number of ether oxygens (including phenoxy) is 1. The Morgan fingerprint density at radius 3 is 2.30 bits per heavy atom. The number of hydrogen-bond acceptors (Lipinski definition) is 2. The molecule has 4 saturated carbocycles. The number of hydrogen-bond donors (Lipinski definition) is 1. The van der Waals surface area contributed by atoms with Crippen LogP contribution < -0.4 is 10.1 Å². The molecule has 4 aliphatic carbocycles. The zero-order valence-electron chi connectivity index (χ0n) is 11.9. The van der Waals surface area contributed by atoms with Gasteiger partial charge >= 0.3 is 0 Å². The average Bonchev–Trinajstić information content (AvgIpc) is 2.42. The van der Waals surface area contributed by atoms with Gasteiger partial charge in [-0.15, -0.1) is 0 Å². The van der Waals surface area contributed by atoms with Gasteiger partial charge in [0.25, 0.3) is 0 Å². The molecule has 0 spiro atoms. The van der Waals surface area contributed by atoms with Crippen LogP contribution in [0, 0.1) is 23.7 Å². The van der Waals surface area contributed by atoms with E-state index in [2.05, 4.69) is 5.32 Å². The van der Waals surface area contributed by atoms with Crippen molar-refractivity contribution in [2.45, 2.75) is 38.1 Å². The molecule has 0 aliphatic heterocycles. The first kappa shape index (κ1) is 12.8. The third kappa shape index (κ3) is 2.09. The Hall–Kier alpha value is -0.890. The van der Waals surface area contributed by atoms with Crippen LogP contribution in [0.1, 0.15) is 32.1 Å². The zero-order chi connectivity index (χ0) is 13.7. The van der Waals surface area contributed by atoms with Crippen LogP contribution in [0.5, 0.6) is 5.75 Å². The maximum absolute atomic E-state index is 6.15. The molecule has 0 aromatic heterocycles. The summed E-state index contributed by atoms with van der Waals surface area (Å²) in [6.07, 6.45) is 7.20. The van der Waals surface area contributed by atoms with Crippen molar-refractivity contribution in [3.63, 3.8) is 0 Å². The van der Waals surface area contributed by atoms with Gasteiger partial charge < -0.3 is 10.1 Å². The molecule has 20 heavy (non-hydrogen) atoms. The summed E-state index contributed by atoms with van der Waals surface area (Å²) in [5.41, 5.74) is 1.07. The Labute approximate surface area is 125 Å². The molecule has 0 radical (unpaired) electrons. The second-order valence-corrected chi connectivity index (χ2v) is 7.38. The molecule has 1 N–H and O–H groups in total. The monoisotopic (exact) mass is 291 g/mol. The summed E-state index contributed by atoms with van der Waals surface area (Å²) in [4.78, 5) is 0. The Balaban J connectivity index is 1.58. The predicted molar refractivity (Wildman–Crippen MR) is 82.5 cm³/mol. The summed E-state index contributed by atoms with van der Waals surface area (Å²) in [6.45, 7) is 0. The van der Waals surface area contributed by atoms with E-state index < -0.39 is 0 Å². The van der Waals surface area contributed by atoms with Gasteiger partial charge in [0, 0.05) is 11.1 Å². The largest absolute Gasteiger partial charge is 0.495 e. The maximum Gasteiger partial charge on any atom is 0.142 e. The van der Waals surface area contributed by atoms with Crippen LogP contribution in [0.15, 0.2) is 18.2 Å². The van der Waals surface area contributed by atoms with Crippen LogP contribution in [0.25, 0.3) is 0 Å². The number of benzene rings is 1. The van der Waals surface area contributed by atoms with E-state index >= 15 is 0 Å². The molecule has 108 valence electrons. The van der Waals surface area contributed by atoms with E-state index in [1.54, 1.807) is 7.11 Å². The highest BCUT2D eigenvalue weighted by molar-refractivity contribution is 6.30. The van der Waals surface area contributed by atoms with Crippen molar-refractivity contribution in [1.29, 1.82) is 0 Å². The molecule has 4 fully saturated rings. The van der Waals surface area contributed by atoms with E-state index in [1.165, 1.54) is 32.1 Å². The van der Waals surface area contributed by atoms with Crippen molar-refractivity contribution in [2.75, 3.05) is 12.4 Å². The van der Waals surface area contributed by atoms with E-state index in [9.17, 15) is 0 Å². The fourth-order valence-corrected chi connectivity index (χ4v) is 5.31. The molecule has 0 atom stereocenters. The first-order valence-electron chi connectivity index (χ1n) is 7.83. The SMILES string of the molecule is COc1ccc(Cl)cc1NC1C2CC3CC(C2)CC1C3. The number of methoxy groups -OCH3 is 1. The lowest BCUT2D eigenvalue weighted by Crippen LogP contribution is -2.51. The average molecular weight is 292 g/mol. The molecule has 1 aromatic rings. The molecule has 2 nitrogen and oxygen atoms in total. The van der Waals surface area contributed by atoms with Crippen molar-refractivity contribution in [3.05, 3.63) is 23.2 Å². The molecule has 1 aromatic carbocycles. The predicted octanol–water partition coefficient (Wildman–Crippen LogP) is 4.59. The van der Waals surface area contributed by atoms with Crippen LogP contribution in [0.4, 0.5) is 5.69 Å². The van der Waals surface area contributed by atoms with Crippen molar-refractivity contribution >= 4 is 17.3 Å². The zero-order valence-corrected chi connectivity index (χ0v) is 12.7. The van der Waals surface area contributed by atoms with Gasteiger partial charge in [0.2, 0.25) is 0 Å². The number of anilines is 1. The first-order valence-corrected chi connectivity index (χ1v) is 8.21. The van der Waals surface area contributed by atoms with Crippen LogP contribution in [-0.4, -0.2) is 13.2 Å². The maximum atomic E-state index is 6.15. The normalized spacial score (nSPS) is 38.0. The molecule has 0 unspecified atom stereocenters. The van der Waals surface area contributed by atoms with E-state index in [-0.39, 0.29) is 0 Å². The van der Waals surface area contributed by atoms with E-state index in [4.69, 9.17) is 16.3 Å². The van der Waals surface area contributed by atoms with Gasteiger partial charge in [0.15, 0.2) is 0 Å². The minimum atomic E-state index is 0.621. The molecule has 4 bridgehead atoms. The summed E-state index contributed by atoms with van der Waals surface area (Å²) in [6, 6.07) is 6.48. The van der Waals surface area contributed by atoms with Gasteiger partial charge in [-0.05, 0) is 74.0 Å². The number of nitrogens with one attached hydrogen (secondary N) is 1. The van der Waals surface area contributed by atoms with Gasteiger partial charge in [-0.25, -0.2) is 0 Å². The lowest BCUT2D eigenvalue weighted by Gasteiger charge is -2.54. The molecule has 3 heteroatoms.